The summed E-state index contributed by atoms with van der Waals surface area (Å²) in [7, 11) is 0. The lowest BCUT2D eigenvalue weighted by atomic mass is 10.1. The molecule has 140 valence electrons. The number of carbonyl (C=O) groups excluding carboxylic acids is 1. The van der Waals surface area contributed by atoms with Gasteiger partial charge in [-0.15, -0.1) is 0 Å². The highest BCUT2D eigenvalue weighted by Crippen LogP contribution is 2.26. The molecule has 5 nitrogen and oxygen atoms in total. The molecule has 0 aliphatic carbocycles. The van der Waals surface area contributed by atoms with E-state index in [0.717, 1.165) is 35.2 Å². The number of thioether (sulfide) groups is 1. The van der Waals surface area contributed by atoms with Gasteiger partial charge in [0, 0.05) is 6.42 Å². The van der Waals surface area contributed by atoms with Crippen molar-refractivity contribution in [2.75, 3.05) is 13.2 Å². The van der Waals surface area contributed by atoms with E-state index in [1.54, 1.807) is 6.08 Å². The number of rotatable bonds is 7. The largest absolute Gasteiger partial charge is 0.493 e. The summed E-state index contributed by atoms with van der Waals surface area (Å²) in [6.07, 6.45) is 2.53. The number of hydrogen-bond donors (Lipinski definition) is 2. The zero-order valence-electron chi connectivity index (χ0n) is 15.4. The molecule has 1 fully saturated rings. The minimum atomic E-state index is -0.236. The second-order valence-corrected chi connectivity index (χ2v) is 7.39. The van der Waals surface area contributed by atoms with Crippen molar-refractivity contribution < 1.29 is 14.3 Å². The van der Waals surface area contributed by atoms with Crippen molar-refractivity contribution in [1.29, 1.82) is 5.41 Å². The van der Waals surface area contributed by atoms with Gasteiger partial charge < -0.3 is 14.8 Å². The SMILES string of the molecule is Cc1cc(C)cc(OCCCOc2cccc(C=C3SC(=N)NC3=O)c2)c1. The number of hydrogen-bond acceptors (Lipinski definition) is 5. The topological polar surface area (TPSA) is 71.4 Å². The maximum atomic E-state index is 11.7. The van der Waals surface area contributed by atoms with E-state index in [-0.39, 0.29) is 11.1 Å². The van der Waals surface area contributed by atoms with Gasteiger partial charge in [0.2, 0.25) is 0 Å². The zero-order valence-corrected chi connectivity index (χ0v) is 16.2. The minimum absolute atomic E-state index is 0.155. The van der Waals surface area contributed by atoms with E-state index in [1.807, 2.05) is 36.4 Å². The number of amides is 1. The smallest absolute Gasteiger partial charge is 0.264 e. The van der Waals surface area contributed by atoms with Crippen LogP contribution in [0.2, 0.25) is 0 Å². The van der Waals surface area contributed by atoms with Crippen LogP contribution in [-0.2, 0) is 4.79 Å². The van der Waals surface area contributed by atoms with E-state index in [1.165, 1.54) is 11.1 Å². The van der Waals surface area contributed by atoms with Crippen molar-refractivity contribution in [1.82, 2.24) is 5.32 Å². The Kier molecular flexibility index (Phi) is 6.19. The van der Waals surface area contributed by atoms with Gasteiger partial charge in [0.1, 0.15) is 11.5 Å². The summed E-state index contributed by atoms with van der Waals surface area (Å²) in [5, 5.41) is 10.1. The number of benzene rings is 2. The van der Waals surface area contributed by atoms with E-state index >= 15 is 0 Å². The van der Waals surface area contributed by atoms with Gasteiger partial charge in [-0.3, -0.25) is 10.2 Å². The maximum absolute atomic E-state index is 11.7. The van der Waals surface area contributed by atoms with Crippen LogP contribution in [0.3, 0.4) is 0 Å². The van der Waals surface area contributed by atoms with Crippen LogP contribution >= 0.6 is 11.8 Å². The van der Waals surface area contributed by atoms with Gasteiger partial charge in [-0.05, 0) is 72.6 Å². The molecule has 3 rings (SSSR count). The molecule has 0 radical (unpaired) electrons. The highest BCUT2D eigenvalue weighted by Gasteiger charge is 2.22. The van der Waals surface area contributed by atoms with E-state index in [4.69, 9.17) is 14.9 Å². The lowest BCUT2D eigenvalue weighted by molar-refractivity contribution is -0.115. The fourth-order valence-corrected chi connectivity index (χ4v) is 3.44. The summed E-state index contributed by atoms with van der Waals surface area (Å²) < 4.78 is 11.6. The summed E-state index contributed by atoms with van der Waals surface area (Å²) in [5.41, 5.74) is 3.25. The molecule has 0 aromatic heterocycles. The molecule has 2 aromatic rings. The van der Waals surface area contributed by atoms with Gasteiger partial charge in [-0.25, -0.2) is 0 Å². The molecule has 1 aliphatic heterocycles. The molecule has 2 N–H and O–H groups in total. The van der Waals surface area contributed by atoms with E-state index in [0.29, 0.717) is 18.1 Å². The Morgan fingerprint density at radius 1 is 1.04 bits per heavy atom. The van der Waals surface area contributed by atoms with Crippen LogP contribution in [0.25, 0.3) is 6.08 Å². The molecule has 27 heavy (non-hydrogen) atoms. The summed E-state index contributed by atoms with van der Waals surface area (Å²) in [6, 6.07) is 13.7. The van der Waals surface area contributed by atoms with Crippen LogP contribution in [0.5, 0.6) is 11.5 Å². The van der Waals surface area contributed by atoms with Crippen LogP contribution in [-0.4, -0.2) is 24.3 Å². The number of aryl methyl sites for hydroxylation is 2. The summed E-state index contributed by atoms with van der Waals surface area (Å²) in [4.78, 5) is 12.2. The summed E-state index contributed by atoms with van der Waals surface area (Å²) in [6.45, 7) is 5.25. The molecule has 1 saturated heterocycles. The maximum Gasteiger partial charge on any atom is 0.264 e. The van der Waals surface area contributed by atoms with Crippen LogP contribution in [0.1, 0.15) is 23.1 Å². The van der Waals surface area contributed by atoms with Crippen molar-refractivity contribution in [2.24, 2.45) is 0 Å². The molecular weight excluding hydrogens is 360 g/mol. The van der Waals surface area contributed by atoms with Gasteiger partial charge in [0.05, 0.1) is 18.1 Å². The molecule has 6 heteroatoms. The van der Waals surface area contributed by atoms with Gasteiger partial charge >= 0.3 is 0 Å². The molecule has 2 aromatic carbocycles. The first-order valence-corrected chi connectivity index (χ1v) is 9.55. The molecule has 1 amide bonds. The zero-order chi connectivity index (χ0) is 19.2. The Morgan fingerprint density at radius 2 is 1.74 bits per heavy atom. The first-order valence-electron chi connectivity index (χ1n) is 8.73. The number of nitrogens with one attached hydrogen (secondary N) is 2. The van der Waals surface area contributed by atoms with E-state index < -0.39 is 0 Å². The quantitative estimate of drug-likeness (QED) is 0.553. The van der Waals surface area contributed by atoms with Crippen molar-refractivity contribution in [2.45, 2.75) is 20.3 Å². The van der Waals surface area contributed by atoms with Crippen molar-refractivity contribution in [3.8, 4) is 11.5 Å². The average Bonchev–Trinajstić information content (AvgIpc) is 2.91. The highest BCUT2D eigenvalue weighted by atomic mass is 32.2. The normalized spacial score (nSPS) is 15.1. The average molecular weight is 382 g/mol. The highest BCUT2D eigenvalue weighted by molar-refractivity contribution is 8.18. The Morgan fingerprint density at radius 3 is 2.41 bits per heavy atom. The predicted molar refractivity (Wildman–Crippen MR) is 109 cm³/mol. The lowest BCUT2D eigenvalue weighted by Crippen LogP contribution is -2.18. The molecule has 0 saturated carbocycles. The monoisotopic (exact) mass is 382 g/mol. The Labute approximate surface area is 163 Å². The molecule has 0 unspecified atom stereocenters. The van der Waals surface area contributed by atoms with Crippen LogP contribution in [0.4, 0.5) is 0 Å². The first-order chi connectivity index (χ1) is 13.0. The van der Waals surface area contributed by atoms with Crippen molar-refractivity contribution in [3.05, 3.63) is 64.1 Å². The number of carbonyl (C=O) groups is 1. The first kappa shape index (κ1) is 19.0. The lowest BCUT2D eigenvalue weighted by Gasteiger charge is -2.10. The molecule has 0 bridgehead atoms. The standard InChI is InChI=1S/C21H22N2O3S/c1-14-9-15(2)11-18(10-14)26-8-4-7-25-17-6-3-5-16(12-17)13-19-20(24)23-21(22)27-19/h3,5-6,9-13H,4,7-8H2,1-2H3,(H2,22,23,24). The number of ether oxygens (including phenoxy) is 2. The van der Waals surface area contributed by atoms with Gasteiger partial charge in [-0.1, -0.05) is 18.2 Å². The third kappa shape index (κ3) is 5.62. The van der Waals surface area contributed by atoms with Crippen molar-refractivity contribution >= 4 is 28.9 Å². The van der Waals surface area contributed by atoms with Gasteiger partial charge in [0.25, 0.3) is 5.91 Å². The Balaban J connectivity index is 1.48. The van der Waals surface area contributed by atoms with E-state index in [9.17, 15) is 4.79 Å². The summed E-state index contributed by atoms with van der Waals surface area (Å²) in [5.74, 6) is 1.40. The Bertz CT molecular complexity index is 872. The van der Waals surface area contributed by atoms with Gasteiger partial charge in [-0.2, -0.15) is 0 Å². The molecular formula is C21H22N2O3S. The molecule has 0 atom stereocenters. The van der Waals surface area contributed by atoms with Gasteiger partial charge in [0.15, 0.2) is 5.17 Å². The molecule has 0 spiro atoms. The third-order valence-electron chi connectivity index (χ3n) is 3.84. The second-order valence-electron chi connectivity index (χ2n) is 6.34. The van der Waals surface area contributed by atoms with Crippen LogP contribution in [0.15, 0.2) is 47.4 Å². The summed E-state index contributed by atoms with van der Waals surface area (Å²) >= 11 is 1.13. The number of amidine groups is 1. The molecule has 1 heterocycles. The fourth-order valence-electron chi connectivity index (χ4n) is 2.74. The predicted octanol–water partition coefficient (Wildman–Crippen LogP) is 4.29. The fraction of sp³-hybridized carbons (Fsp3) is 0.238. The minimum Gasteiger partial charge on any atom is -0.493 e. The van der Waals surface area contributed by atoms with Crippen molar-refractivity contribution in [3.63, 3.8) is 0 Å². The van der Waals surface area contributed by atoms with Crippen LogP contribution < -0.4 is 14.8 Å². The molecule has 1 aliphatic rings. The second kappa shape index (κ2) is 8.77. The van der Waals surface area contributed by atoms with E-state index in [2.05, 4.69) is 25.2 Å². The third-order valence-corrected chi connectivity index (χ3v) is 4.67. The van der Waals surface area contributed by atoms with Crippen LogP contribution in [0, 0.1) is 19.3 Å². The Hall–Kier alpha value is -2.73.